The molecule has 7 aromatic rings. The number of thiophene rings is 1. The van der Waals surface area contributed by atoms with Crippen LogP contribution in [0, 0.1) is 0 Å². The van der Waals surface area contributed by atoms with Gasteiger partial charge < -0.3 is 0 Å². The zero-order chi connectivity index (χ0) is 27.4. The van der Waals surface area contributed by atoms with Gasteiger partial charge in [0.1, 0.15) is 0 Å². The predicted molar refractivity (Wildman–Crippen MR) is 176 cm³/mol. The second-order valence-electron chi connectivity index (χ2n) is 13.3. The van der Waals surface area contributed by atoms with E-state index >= 15 is 0 Å². The lowest BCUT2D eigenvalue weighted by atomic mass is 9.79. The lowest BCUT2D eigenvalue weighted by molar-refractivity contribution is 0.652. The fraction of sp³-hybridized carbons (Fsp3) is 0.150. The van der Waals surface area contributed by atoms with Gasteiger partial charge in [-0.05, 0) is 114 Å². The molecule has 41 heavy (non-hydrogen) atoms. The van der Waals surface area contributed by atoms with Crippen LogP contribution in [0.4, 0.5) is 0 Å². The first-order valence-electron chi connectivity index (χ1n) is 14.7. The minimum Gasteiger partial charge on any atom is -0.135 e. The number of rotatable bonds is 0. The molecule has 3 aliphatic rings. The fourth-order valence-electron chi connectivity index (χ4n) is 8.52. The molecule has 1 heterocycles. The topological polar surface area (TPSA) is 0 Å². The molecule has 10 rings (SSSR count). The predicted octanol–water partition coefficient (Wildman–Crippen LogP) is 11.5. The van der Waals surface area contributed by atoms with Crippen molar-refractivity contribution in [3.63, 3.8) is 0 Å². The van der Waals surface area contributed by atoms with Gasteiger partial charge in [-0.25, -0.2) is 0 Å². The molecule has 0 bridgehead atoms. The van der Waals surface area contributed by atoms with Crippen LogP contribution in [0.1, 0.15) is 49.9 Å². The smallest absolute Gasteiger partial charge is 0.0361 e. The average Bonchev–Trinajstić information content (AvgIpc) is 3.64. The third-order valence-electron chi connectivity index (χ3n) is 10.6. The van der Waals surface area contributed by atoms with E-state index in [1.165, 1.54) is 97.7 Å². The van der Waals surface area contributed by atoms with Crippen LogP contribution in [-0.4, -0.2) is 0 Å². The van der Waals surface area contributed by atoms with E-state index in [1.54, 1.807) is 0 Å². The summed E-state index contributed by atoms with van der Waals surface area (Å²) in [4.78, 5) is 0. The van der Waals surface area contributed by atoms with Crippen molar-refractivity contribution in [2.45, 2.75) is 38.5 Å². The Kier molecular flexibility index (Phi) is 3.83. The van der Waals surface area contributed by atoms with Crippen molar-refractivity contribution in [3.05, 3.63) is 119 Å². The highest BCUT2D eigenvalue weighted by Gasteiger charge is 2.43. The molecule has 194 valence electrons. The summed E-state index contributed by atoms with van der Waals surface area (Å²) >= 11 is 1.92. The third-order valence-corrected chi connectivity index (χ3v) is 11.7. The van der Waals surface area contributed by atoms with Crippen LogP contribution in [0.3, 0.4) is 0 Å². The zero-order valence-electron chi connectivity index (χ0n) is 23.6. The van der Waals surface area contributed by atoms with Gasteiger partial charge >= 0.3 is 0 Å². The summed E-state index contributed by atoms with van der Waals surface area (Å²) in [5.74, 6) is 0. The molecule has 0 nitrogen and oxygen atoms in total. The number of hydrogen-bond acceptors (Lipinski definition) is 1. The van der Waals surface area contributed by atoms with Crippen LogP contribution < -0.4 is 0 Å². The summed E-state index contributed by atoms with van der Waals surface area (Å²) in [5, 5.41) is 5.60. The van der Waals surface area contributed by atoms with Crippen LogP contribution in [0.25, 0.3) is 75.5 Å². The summed E-state index contributed by atoms with van der Waals surface area (Å²) in [6.07, 6.45) is 0. The van der Waals surface area contributed by atoms with Crippen LogP contribution in [0.2, 0.25) is 0 Å². The molecule has 0 aliphatic heterocycles. The van der Waals surface area contributed by atoms with Gasteiger partial charge in [0.15, 0.2) is 0 Å². The van der Waals surface area contributed by atoms with E-state index in [1.807, 2.05) is 11.3 Å². The lowest BCUT2D eigenvalue weighted by Gasteiger charge is -2.24. The Morgan fingerprint density at radius 1 is 0.415 bits per heavy atom. The largest absolute Gasteiger partial charge is 0.135 e. The van der Waals surface area contributed by atoms with E-state index in [0.29, 0.717) is 0 Å². The monoisotopic (exact) mass is 540 g/mol. The molecule has 0 saturated carbocycles. The van der Waals surface area contributed by atoms with Gasteiger partial charge in [-0.1, -0.05) is 88.4 Å². The number of fused-ring (bicyclic) bond motifs is 13. The van der Waals surface area contributed by atoms with E-state index in [0.717, 1.165) is 0 Å². The van der Waals surface area contributed by atoms with Gasteiger partial charge in [0.25, 0.3) is 0 Å². The molecule has 0 fully saturated rings. The van der Waals surface area contributed by atoms with E-state index in [4.69, 9.17) is 0 Å². The Morgan fingerprint density at radius 3 is 1.85 bits per heavy atom. The first-order chi connectivity index (χ1) is 19.8. The summed E-state index contributed by atoms with van der Waals surface area (Å²) in [7, 11) is 0. The summed E-state index contributed by atoms with van der Waals surface area (Å²) in [6.45, 7) is 9.72. The SMILES string of the molecule is CC1(C)c2cc3c(cc2-c2cc4sc5ccccc5c4cc21)C(C)(C)c1cc2c4c(cccc4c1-3)-c1ccccc1-2. The highest BCUT2D eigenvalue weighted by atomic mass is 32.1. The van der Waals surface area contributed by atoms with Crippen molar-refractivity contribution in [2.24, 2.45) is 0 Å². The highest BCUT2D eigenvalue weighted by Crippen LogP contribution is 2.60. The van der Waals surface area contributed by atoms with Gasteiger partial charge in [-0.3, -0.25) is 0 Å². The van der Waals surface area contributed by atoms with Gasteiger partial charge in [0, 0.05) is 31.0 Å². The van der Waals surface area contributed by atoms with Crippen molar-refractivity contribution in [1.82, 2.24) is 0 Å². The molecular formula is C40H28S. The third kappa shape index (κ3) is 2.50. The number of benzene rings is 6. The summed E-state index contributed by atoms with van der Waals surface area (Å²) in [6, 6.07) is 37.4. The highest BCUT2D eigenvalue weighted by molar-refractivity contribution is 7.25. The van der Waals surface area contributed by atoms with Crippen LogP contribution in [0.5, 0.6) is 0 Å². The molecule has 0 atom stereocenters. The second-order valence-corrected chi connectivity index (χ2v) is 14.4. The van der Waals surface area contributed by atoms with E-state index in [-0.39, 0.29) is 10.8 Å². The molecule has 0 saturated heterocycles. The van der Waals surface area contributed by atoms with Crippen molar-refractivity contribution in [1.29, 1.82) is 0 Å². The standard InChI is InChI=1S/C40H28S/c1-39(2)31-17-28-23-12-7-8-15-35(23)41-36(28)20-27(31)26-16-33-30(19-32(26)39)38-25-14-9-13-24-21-10-5-6-11-22(21)29(37(24)25)18-34(38)40(33,3)4/h5-20H,1-4H3. The minimum atomic E-state index is -0.0769. The molecule has 0 amide bonds. The van der Waals surface area contributed by atoms with Crippen molar-refractivity contribution in [3.8, 4) is 44.5 Å². The molecule has 0 N–H and O–H groups in total. The molecule has 1 aromatic heterocycles. The van der Waals surface area contributed by atoms with Crippen molar-refractivity contribution >= 4 is 42.3 Å². The zero-order valence-corrected chi connectivity index (χ0v) is 24.5. The molecule has 0 radical (unpaired) electrons. The molecule has 1 heteroatoms. The normalized spacial score (nSPS) is 16.2. The maximum absolute atomic E-state index is 2.57. The first kappa shape index (κ1) is 22.5. The molecular weight excluding hydrogens is 513 g/mol. The van der Waals surface area contributed by atoms with Crippen LogP contribution in [-0.2, 0) is 10.8 Å². The number of hydrogen-bond donors (Lipinski definition) is 0. The van der Waals surface area contributed by atoms with E-state index in [2.05, 4.69) is 125 Å². The lowest BCUT2D eigenvalue weighted by Crippen LogP contribution is -2.17. The van der Waals surface area contributed by atoms with Crippen LogP contribution >= 0.6 is 11.3 Å². The van der Waals surface area contributed by atoms with Gasteiger partial charge in [-0.15, -0.1) is 11.3 Å². The summed E-state index contributed by atoms with van der Waals surface area (Å²) in [5.41, 5.74) is 16.9. The Labute approximate surface area is 243 Å². The fourth-order valence-corrected chi connectivity index (χ4v) is 9.65. The molecule has 0 spiro atoms. The Hall–Kier alpha value is -4.20. The van der Waals surface area contributed by atoms with Crippen LogP contribution in [0.15, 0.2) is 97.1 Å². The minimum absolute atomic E-state index is 0.0606. The maximum Gasteiger partial charge on any atom is 0.0361 e. The van der Waals surface area contributed by atoms with E-state index in [9.17, 15) is 0 Å². The van der Waals surface area contributed by atoms with Gasteiger partial charge in [0.05, 0.1) is 0 Å². The summed E-state index contributed by atoms with van der Waals surface area (Å²) < 4.78 is 2.76. The Bertz CT molecular complexity index is 2360. The van der Waals surface area contributed by atoms with Gasteiger partial charge in [-0.2, -0.15) is 0 Å². The van der Waals surface area contributed by atoms with Crippen molar-refractivity contribution < 1.29 is 0 Å². The maximum atomic E-state index is 2.57. The van der Waals surface area contributed by atoms with E-state index < -0.39 is 0 Å². The molecule has 3 aliphatic carbocycles. The second kappa shape index (κ2) is 6.98. The van der Waals surface area contributed by atoms with Crippen molar-refractivity contribution in [2.75, 3.05) is 0 Å². The average molecular weight is 541 g/mol. The Morgan fingerprint density at radius 2 is 1.00 bits per heavy atom. The quantitative estimate of drug-likeness (QED) is 0.179. The molecule has 0 unspecified atom stereocenters. The van der Waals surface area contributed by atoms with Gasteiger partial charge in [0.2, 0.25) is 0 Å². The first-order valence-corrected chi connectivity index (χ1v) is 15.5. The molecule has 6 aromatic carbocycles. The Balaban J connectivity index is 1.27.